The van der Waals surface area contributed by atoms with Gasteiger partial charge in [-0.2, -0.15) is 14.5 Å². The second-order valence-electron chi connectivity index (χ2n) is 7.88. The molecule has 0 radical (unpaired) electrons. The van der Waals surface area contributed by atoms with Gasteiger partial charge in [-0.05, 0) is 38.5 Å². The predicted octanol–water partition coefficient (Wildman–Crippen LogP) is 3.37. The van der Waals surface area contributed by atoms with Crippen molar-refractivity contribution >= 4 is 17.4 Å². The number of fused-ring (bicyclic) bond motifs is 1. The highest BCUT2D eigenvalue weighted by molar-refractivity contribution is 5.57. The van der Waals surface area contributed by atoms with Gasteiger partial charge in [0.15, 0.2) is 5.82 Å². The van der Waals surface area contributed by atoms with Crippen LogP contribution in [0, 0.1) is 0 Å². The second-order valence-corrected chi connectivity index (χ2v) is 7.88. The fraction of sp³-hybridized carbons (Fsp3) is 0.737. The minimum absolute atomic E-state index is 0.525. The van der Waals surface area contributed by atoms with Gasteiger partial charge < -0.3 is 9.80 Å². The molecule has 0 bridgehead atoms. The fourth-order valence-electron chi connectivity index (χ4n) is 4.67. The van der Waals surface area contributed by atoms with Crippen molar-refractivity contribution in [2.45, 2.75) is 63.7 Å². The average molecular weight is 340 g/mol. The van der Waals surface area contributed by atoms with Gasteiger partial charge >= 0.3 is 0 Å². The van der Waals surface area contributed by atoms with Crippen molar-refractivity contribution in [2.75, 3.05) is 36.0 Å². The minimum Gasteiger partial charge on any atom is -0.356 e. The maximum Gasteiger partial charge on any atom is 0.256 e. The molecule has 3 fully saturated rings. The summed E-state index contributed by atoms with van der Waals surface area (Å²) in [5, 5.41) is 4.93. The van der Waals surface area contributed by atoms with Crippen LogP contribution in [0.5, 0.6) is 0 Å². The van der Waals surface area contributed by atoms with Gasteiger partial charge in [-0.25, -0.2) is 0 Å². The Morgan fingerprint density at radius 2 is 1.44 bits per heavy atom. The number of aromatic nitrogens is 4. The van der Waals surface area contributed by atoms with Gasteiger partial charge in [0.1, 0.15) is 11.6 Å². The Bertz CT molecular complexity index is 736. The largest absolute Gasteiger partial charge is 0.356 e. The molecule has 0 amide bonds. The smallest absolute Gasteiger partial charge is 0.256 e. The molecule has 4 heterocycles. The first-order chi connectivity index (χ1) is 12.4. The second kappa shape index (κ2) is 6.46. The molecule has 2 aliphatic heterocycles. The number of rotatable bonds is 3. The van der Waals surface area contributed by atoms with E-state index in [2.05, 4.69) is 15.9 Å². The van der Waals surface area contributed by atoms with Crippen molar-refractivity contribution in [1.29, 1.82) is 0 Å². The molecule has 1 saturated carbocycles. The molecule has 2 saturated heterocycles. The molecule has 0 N–H and O–H groups in total. The zero-order valence-electron chi connectivity index (χ0n) is 15.0. The molecule has 0 unspecified atom stereocenters. The van der Waals surface area contributed by atoms with E-state index in [1.54, 1.807) is 0 Å². The van der Waals surface area contributed by atoms with Gasteiger partial charge in [0, 0.05) is 38.2 Å². The van der Waals surface area contributed by atoms with Crippen molar-refractivity contribution < 1.29 is 0 Å². The van der Waals surface area contributed by atoms with Crippen LogP contribution in [0.2, 0.25) is 0 Å². The van der Waals surface area contributed by atoms with Gasteiger partial charge in [0.05, 0.1) is 0 Å². The summed E-state index contributed by atoms with van der Waals surface area (Å²) in [4.78, 5) is 14.7. The summed E-state index contributed by atoms with van der Waals surface area (Å²) in [5.41, 5.74) is 0. The highest BCUT2D eigenvalue weighted by atomic mass is 15.4. The highest BCUT2D eigenvalue weighted by Gasteiger charge is 2.25. The van der Waals surface area contributed by atoms with E-state index in [0.29, 0.717) is 5.92 Å². The van der Waals surface area contributed by atoms with Crippen LogP contribution < -0.4 is 9.80 Å². The summed E-state index contributed by atoms with van der Waals surface area (Å²) in [6.07, 6.45) is 11.5. The standard InChI is InChI=1S/C19H28N6/c1-2-8-15(9-3-1)18-21-19-20-16(23-10-4-5-11-23)14-17(25(19)22-18)24-12-6-7-13-24/h14-15H,1-13H2. The molecule has 1 aliphatic carbocycles. The topological polar surface area (TPSA) is 49.6 Å². The van der Waals surface area contributed by atoms with Crippen molar-refractivity contribution in [3.8, 4) is 0 Å². The highest BCUT2D eigenvalue weighted by Crippen LogP contribution is 2.32. The zero-order valence-corrected chi connectivity index (χ0v) is 15.0. The summed E-state index contributed by atoms with van der Waals surface area (Å²) in [6, 6.07) is 2.25. The summed E-state index contributed by atoms with van der Waals surface area (Å²) in [6.45, 7) is 4.48. The Balaban J connectivity index is 1.58. The van der Waals surface area contributed by atoms with Crippen LogP contribution in [0.1, 0.15) is 69.5 Å². The lowest BCUT2D eigenvalue weighted by atomic mass is 9.89. The molecule has 0 atom stereocenters. The van der Waals surface area contributed by atoms with E-state index in [1.165, 1.54) is 63.6 Å². The number of hydrogen-bond acceptors (Lipinski definition) is 5. The first-order valence-electron chi connectivity index (χ1n) is 10.2. The lowest BCUT2D eigenvalue weighted by Gasteiger charge is -2.22. The quantitative estimate of drug-likeness (QED) is 0.857. The van der Waals surface area contributed by atoms with Crippen molar-refractivity contribution in [1.82, 2.24) is 19.6 Å². The number of nitrogens with zero attached hydrogens (tertiary/aromatic N) is 6. The van der Waals surface area contributed by atoms with E-state index in [4.69, 9.17) is 15.1 Å². The summed E-state index contributed by atoms with van der Waals surface area (Å²) in [5.74, 6) is 4.63. The van der Waals surface area contributed by atoms with E-state index < -0.39 is 0 Å². The molecule has 5 rings (SSSR count). The first-order valence-corrected chi connectivity index (χ1v) is 10.2. The molecular weight excluding hydrogens is 312 g/mol. The SMILES string of the molecule is c1c(N2CCCC2)nc2nc(C3CCCCC3)nn2c1N1CCCC1. The Hall–Kier alpha value is -1.85. The van der Waals surface area contributed by atoms with Gasteiger partial charge in [-0.1, -0.05) is 19.3 Å². The molecule has 134 valence electrons. The van der Waals surface area contributed by atoms with Crippen LogP contribution in [-0.4, -0.2) is 45.8 Å². The van der Waals surface area contributed by atoms with Crippen LogP contribution >= 0.6 is 0 Å². The summed E-state index contributed by atoms with van der Waals surface area (Å²) >= 11 is 0. The lowest BCUT2D eigenvalue weighted by molar-refractivity contribution is 0.429. The first kappa shape index (κ1) is 15.4. The van der Waals surface area contributed by atoms with Gasteiger partial charge in [0.25, 0.3) is 5.78 Å². The fourth-order valence-corrected chi connectivity index (χ4v) is 4.67. The number of anilines is 2. The van der Waals surface area contributed by atoms with E-state index >= 15 is 0 Å². The van der Waals surface area contributed by atoms with E-state index in [-0.39, 0.29) is 0 Å². The van der Waals surface area contributed by atoms with Gasteiger partial charge in [-0.3, -0.25) is 0 Å². The minimum atomic E-state index is 0.525. The summed E-state index contributed by atoms with van der Waals surface area (Å²) in [7, 11) is 0. The van der Waals surface area contributed by atoms with Crippen LogP contribution in [0.15, 0.2) is 6.07 Å². The Morgan fingerprint density at radius 1 is 0.760 bits per heavy atom. The van der Waals surface area contributed by atoms with Gasteiger partial charge in [0.2, 0.25) is 0 Å². The predicted molar refractivity (Wildman–Crippen MR) is 99.5 cm³/mol. The Kier molecular flexibility index (Phi) is 3.98. The molecule has 0 aromatic carbocycles. The van der Waals surface area contributed by atoms with Crippen molar-refractivity contribution in [2.24, 2.45) is 0 Å². The molecule has 3 aliphatic rings. The van der Waals surface area contributed by atoms with E-state index in [1.807, 2.05) is 4.52 Å². The summed E-state index contributed by atoms with van der Waals surface area (Å²) < 4.78 is 2.02. The molecule has 2 aromatic rings. The third kappa shape index (κ3) is 2.85. The third-order valence-electron chi connectivity index (χ3n) is 6.13. The molecule has 25 heavy (non-hydrogen) atoms. The Labute approximate surface area is 149 Å². The van der Waals surface area contributed by atoms with Crippen molar-refractivity contribution in [3.05, 3.63) is 11.9 Å². The van der Waals surface area contributed by atoms with E-state index in [9.17, 15) is 0 Å². The van der Waals surface area contributed by atoms with Crippen molar-refractivity contribution in [3.63, 3.8) is 0 Å². The van der Waals surface area contributed by atoms with Crippen LogP contribution in [0.25, 0.3) is 5.78 Å². The average Bonchev–Trinajstić information content (AvgIpc) is 3.42. The Morgan fingerprint density at radius 3 is 2.16 bits per heavy atom. The molecule has 6 nitrogen and oxygen atoms in total. The molecule has 0 spiro atoms. The van der Waals surface area contributed by atoms with Crippen LogP contribution in [-0.2, 0) is 0 Å². The van der Waals surface area contributed by atoms with Crippen LogP contribution in [0.3, 0.4) is 0 Å². The zero-order chi connectivity index (χ0) is 16.6. The molecular formula is C19H28N6. The molecule has 6 heteroatoms. The maximum absolute atomic E-state index is 4.93. The van der Waals surface area contributed by atoms with E-state index in [0.717, 1.165) is 43.6 Å². The number of hydrogen-bond donors (Lipinski definition) is 0. The maximum atomic E-state index is 4.93. The lowest BCUT2D eigenvalue weighted by Crippen LogP contribution is -2.24. The monoisotopic (exact) mass is 340 g/mol. The normalized spacial score (nSPS) is 22.4. The van der Waals surface area contributed by atoms with Crippen LogP contribution in [0.4, 0.5) is 11.6 Å². The third-order valence-corrected chi connectivity index (χ3v) is 6.13. The van der Waals surface area contributed by atoms with Gasteiger partial charge in [-0.15, -0.1) is 5.10 Å². The molecule has 2 aromatic heterocycles.